The zero-order valence-electron chi connectivity index (χ0n) is 17.2. The molecule has 3 heterocycles. The Morgan fingerprint density at radius 1 is 1.19 bits per heavy atom. The molecule has 0 aromatic carbocycles. The first kappa shape index (κ1) is 21.6. The summed E-state index contributed by atoms with van der Waals surface area (Å²) in [5.41, 5.74) is 0.407. The van der Waals surface area contributed by atoms with E-state index in [0.717, 1.165) is 49.1 Å². The molecule has 1 aliphatic rings. The predicted molar refractivity (Wildman–Crippen MR) is 118 cm³/mol. The second kappa shape index (κ2) is 9.65. The Hall–Kier alpha value is -2.66. The summed E-state index contributed by atoms with van der Waals surface area (Å²) in [4.78, 5) is 28.7. The highest BCUT2D eigenvalue weighted by Gasteiger charge is 2.38. The van der Waals surface area contributed by atoms with Crippen LogP contribution in [0.25, 0.3) is 10.6 Å². The van der Waals surface area contributed by atoms with E-state index in [-0.39, 0.29) is 18.2 Å². The van der Waals surface area contributed by atoms with Gasteiger partial charge in [-0.05, 0) is 24.3 Å². The van der Waals surface area contributed by atoms with Gasteiger partial charge in [0.05, 0.1) is 0 Å². The first-order chi connectivity index (χ1) is 15.0. The number of hydrogen-bond donors (Lipinski definition) is 2. The highest BCUT2D eigenvalue weighted by Crippen LogP contribution is 2.34. The van der Waals surface area contributed by atoms with E-state index in [1.807, 2.05) is 16.8 Å². The number of aromatic nitrogens is 4. The first-order valence-corrected chi connectivity index (χ1v) is 12.1. The SMILES string of the molecule is CC(=O)NC1(c2noc(CCC(=O)Nc3nnc(-c4ccsc4)s3)n2)CCCCCC1. The summed E-state index contributed by atoms with van der Waals surface area (Å²) in [5, 5.41) is 23.3. The number of anilines is 1. The third kappa shape index (κ3) is 5.34. The largest absolute Gasteiger partial charge is 0.343 e. The monoisotopic (exact) mass is 460 g/mol. The van der Waals surface area contributed by atoms with Crippen LogP contribution in [0.5, 0.6) is 0 Å². The molecule has 9 nitrogen and oxygen atoms in total. The Bertz CT molecular complexity index is 1020. The van der Waals surface area contributed by atoms with Crippen molar-refractivity contribution in [2.24, 2.45) is 0 Å². The topological polar surface area (TPSA) is 123 Å². The van der Waals surface area contributed by atoms with E-state index in [9.17, 15) is 9.59 Å². The van der Waals surface area contributed by atoms with Crippen molar-refractivity contribution in [2.75, 3.05) is 5.32 Å². The molecule has 0 unspecified atom stereocenters. The molecule has 1 fully saturated rings. The van der Waals surface area contributed by atoms with E-state index in [2.05, 4.69) is 31.0 Å². The van der Waals surface area contributed by atoms with Crippen molar-refractivity contribution in [3.8, 4) is 10.6 Å². The minimum absolute atomic E-state index is 0.105. The number of amides is 2. The lowest BCUT2D eigenvalue weighted by molar-refractivity contribution is -0.121. The maximum absolute atomic E-state index is 12.3. The fourth-order valence-corrected chi connectivity index (χ4v) is 5.27. The van der Waals surface area contributed by atoms with Gasteiger partial charge in [0.2, 0.25) is 22.8 Å². The van der Waals surface area contributed by atoms with Crippen molar-refractivity contribution in [1.82, 2.24) is 25.7 Å². The van der Waals surface area contributed by atoms with Gasteiger partial charge in [0, 0.05) is 30.7 Å². The highest BCUT2D eigenvalue weighted by molar-refractivity contribution is 7.19. The van der Waals surface area contributed by atoms with E-state index >= 15 is 0 Å². The number of hydrogen-bond acceptors (Lipinski definition) is 9. The van der Waals surface area contributed by atoms with Crippen LogP contribution in [0.2, 0.25) is 0 Å². The number of carbonyl (C=O) groups excluding carboxylic acids is 2. The summed E-state index contributed by atoms with van der Waals surface area (Å²) in [6.07, 6.45) is 6.33. The number of nitrogens with one attached hydrogen (secondary N) is 2. The van der Waals surface area contributed by atoms with E-state index in [1.54, 1.807) is 11.3 Å². The van der Waals surface area contributed by atoms with Gasteiger partial charge in [-0.25, -0.2) is 0 Å². The molecule has 1 saturated carbocycles. The van der Waals surface area contributed by atoms with Gasteiger partial charge in [-0.2, -0.15) is 16.3 Å². The van der Waals surface area contributed by atoms with Crippen molar-refractivity contribution in [2.45, 2.75) is 63.8 Å². The summed E-state index contributed by atoms with van der Waals surface area (Å²) in [6, 6.07) is 1.96. The van der Waals surface area contributed by atoms with Crippen molar-refractivity contribution < 1.29 is 14.1 Å². The van der Waals surface area contributed by atoms with Crippen LogP contribution in [0.4, 0.5) is 5.13 Å². The van der Waals surface area contributed by atoms with Gasteiger partial charge in [0.1, 0.15) is 10.5 Å². The fourth-order valence-electron chi connectivity index (χ4n) is 3.80. The van der Waals surface area contributed by atoms with Gasteiger partial charge >= 0.3 is 0 Å². The van der Waals surface area contributed by atoms with Crippen LogP contribution >= 0.6 is 22.7 Å². The highest BCUT2D eigenvalue weighted by atomic mass is 32.1. The molecule has 0 bridgehead atoms. The van der Waals surface area contributed by atoms with Crippen LogP contribution in [0, 0.1) is 0 Å². The minimum atomic E-state index is -0.586. The summed E-state index contributed by atoms with van der Waals surface area (Å²) >= 11 is 2.92. The lowest BCUT2D eigenvalue weighted by atomic mass is 9.89. The van der Waals surface area contributed by atoms with Gasteiger partial charge in [0.25, 0.3) is 0 Å². The van der Waals surface area contributed by atoms with Crippen molar-refractivity contribution in [1.29, 1.82) is 0 Å². The Labute approximate surface area is 187 Å². The zero-order chi connectivity index (χ0) is 21.7. The Morgan fingerprint density at radius 2 is 2.00 bits per heavy atom. The standard InChI is InChI=1S/C20H24N6O3S2/c1-13(27)23-20(9-4-2-3-5-10-20)18-22-16(29-26-18)7-6-15(28)21-19-25-24-17(31-19)14-8-11-30-12-14/h8,11-12H,2-7,9-10H2,1H3,(H,23,27)(H,21,25,28). The molecular weight excluding hydrogens is 436 g/mol. The lowest BCUT2D eigenvalue weighted by Crippen LogP contribution is -2.45. The van der Waals surface area contributed by atoms with Crippen molar-refractivity contribution >= 4 is 39.6 Å². The molecule has 11 heteroatoms. The van der Waals surface area contributed by atoms with E-state index in [0.29, 0.717) is 23.3 Å². The van der Waals surface area contributed by atoms with Gasteiger partial charge in [0.15, 0.2) is 5.82 Å². The number of thiophene rings is 1. The molecule has 2 N–H and O–H groups in total. The van der Waals surface area contributed by atoms with Crippen LogP contribution in [0.15, 0.2) is 21.3 Å². The number of rotatable bonds is 7. The van der Waals surface area contributed by atoms with Crippen LogP contribution < -0.4 is 10.6 Å². The molecule has 4 rings (SSSR count). The lowest BCUT2D eigenvalue weighted by Gasteiger charge is -2.30. The predicted octanol–water partition coefficient (Wildman–Crippen LogP) is 3.91. The molecule has 0 aliphatic heterocycles. The average Bonchev–Trinajstić information content (AvgIpc) is 3.47. The molecule has 0 saturated heterocycles. The maximum atomic E-state index is 12.3. The number of nitrogens with zero attached hydrogens (tertiary/aromatic N) is 4. The minimum Gasteiger partial charge on any atom is -0.343 e. The second-order valence-electron chi connectivity index (χ2n) is 7.66. The number of carbonyl (C=O) groups is 2. The third-order valence-electron chi connectivity index (χ3n) is 5.27. The van der Waals surface area contributed by atoms with Crippen molar-refractivity contribution in [3.05, 3.63) is 28.5 Å². The first-order valence-electron chi connectivity index (χ1n) is 10.3. The zero-order valence-corrected chi connectivity index (χ0v) is 18.9. The van der Waals surface area contributed by atoms with Crippen LogP contribution in [0.3, 0.4) is 0 Å². The van der Waals surface area contributed by atoms with Gasteiger partial charge < -0.3 is 15.2 Å². The molecule has 3 aromatic rings. The summed E-state index contributed by atoms with van der Waals surface area (Å²) in [7, 11) is 0. The molecule has 0 atom stereocenters. The average molecular weight is 461 g/mol. The Morgan fingerprint density at radius 3 is 2.71 bits per heavy atom. The summed E-state index contributed by atoms with van der Waals surface area (Å²) < 4.78 is 5.40. The van der Waals surface area contributed by atoms with E-state index in [1.165, 1.54) is 18.3 Å². The Kier molecular flexibility index (Phi) is 6.71. The third-order valence-corrected chi connectivity index (χ3v) is 6.84. The second-order valence-corrected chi connectivity index (χ2v) is 9.42. The summed E-state index contributed by atoms with van der Waals surface area (Å²) in [6.45, 7) is 1.51. The quantitative estimate of drug-likeness (QED) is 0.512. The van der Waals surface area contributed by atoms with Crippen molar-refractivity contribution in [3.63, 3.8) is 0 Å². The smallest absolute Gasteiger partial charge is 0.227 e. The van der Waals surface area contributed by atoms with Crippen LogP contribution in [-0.2, 0) is 21.5 Å². The molecule has 164 valence electrons. The molecular formula is C20H24N6O3S2. The number of aryl methyl sites for hydroxylation is 1. The van der Waals surface area contributed by atoms with Gasteiger partial charge in [-0.1, -0.05) is 42.2 Å². The van der Waals surface area contributed by atoms with E-state index < -0.39 is 5.54 Å². The van der Waals surface area contributed by atoms with Crippen LogP contribution in [-0.4, -0.2) is 32.2 Å². The van der Waals surface area contributed by atoms with Gasteiger partial charge in [-0.15, -0.1) is 10.2 Å². The molecule has 0 radical (unpaired) electrons. The molecule has 2 amide bonds. The Balaban J connectivity index is 1.36. The summed E-state index contributed by atoms with van der Waals surface area (Å²) in [5.74, 6) is 0.588. The molecule has 31 heavy (non-hydrogen) atoms. The molecule has 0 spiro atoms. The van der Waals surface area contributed by atoms with E-state index in [4.69, 9.17) is 4.52 Å². The maximum Gasteiger partial charge on any atom is 0.227 e. The fraction of sp³-hybridized carbons (Fsp3) is 0.500. The van der Waals surface area contributed by atoms with Crippen LogP contribution in [0.1, 0.15) is 63.6 Å². The molecule has 1 aliphatic carbocycles. The normalized spacial score (nSPS) is 15.9. The van der Waals surface area contributed by atoms with Gasteiger partial charge in [-0.3, -0.25) is 9.59 Å². The molecule has 3 aromatic heterocycles.